The van der Waals surface area contributed by atoms with Gasteiger partial charge in [0.05, 0.1) is 11.3 Å². The van der Waals surface area contributed by atoms with Gasteiger partial charge in [-0.25, -0.2) is 9.78 Å². The third-order valence-corrected chi connectivity index (χ3v) is 12.0. The maximum Gasteiger partial charge on any atom is 0.355 e. The summed E-state index contributed by atoms with van der Waals surface area (Å²) in [5.41, 5.74) is 1.46. The summed E-state index contributed by atoms with van der Waals surface area (Å²) in [6, 6.07) is 29.0. The Labute approximate surface area is 311 Å². The number of carbonyl (C=O) groups excluding carboxylic acids is 3. The number of amides is 2. The van der Waals surface area contributed by atoms with Crippen molar-refractivity contribution in [1.29, 1.82) is 0 Å². The molecule has 14 heteroatoms. The van der Waals surface area contributed by atoms with Crippen molar-refractivity contribution in [2.24, 2.45) is 0 Å². The second-order valence-corrected chi connectivity index (χ2v) is 17.0. The van der Waals surface area contributed by atoms with E-state index >= 15 is 0 Å². The molecule has 2 atom stereocenters. The molecule has 11 nitrogen and oxygen atoms in total. The molecule has 4 aromatic rings. The maximum absolute atomic E-state index is 14.1. The predicted molar refractivity (Wildman–Crippen MR) is 203 cm³/mol. The number of rotatable bonds is 12. The van der Waals surface area contributed by atoms with Gasteiger partial charge in [-0.05, 0) is 43.5 Å². The van der Waals surface area contributed by atoms with Crippen LogP contribution in [0.15, 0.2) is 114 Å². The van der Waals surface area contributed by atoms with Crippen molar-refractivity contribution in [2.75, 3.05) is 25.3 Å². The van der Waals surface area contributed by atoms with Crippen LogP contribution < -0.4 is 10.6 Å². The predicted octanol–water partition coefficient (Wildman–Crippen LogP) is 7.00. The van der Waals surface area contributed by atoms with E-state index in [1.54, 1.807) is 32.2 Å². The molecule has 3 aromatic carbocycles. The van der Waals surface area contributed by atoms with Gasteiger partial charge in [-0.3, -0.25) is 19.1 Å². The molecule has 2 amide bonds. The van der Waals surface area contributed by atoms with Gasteiger partial charge >= 0.3 is 13.6 Å². The van der Waals surface area contributed by atoms with E-state index in [0.717, 1.165) is 22.5 Å². The lowest BCUT2D eigenvalue weighted by Gasteiger charge is -2.48. The fourth-order valence-electron chi connectivity index (χ4n) is 6.05. The molecule has 2 aliphatic heterocycles. The lowest BCUT2D eigenvalue weighted by atomic mass is 9.77. The number of anilines is 1. The number of esters is 1. The smallest absolute Gasteiger partial charge is 0.355 e. The first kappa shape index (κ1) is 37.2. The number of β-lactam (4-membered cyclic amide) rings is 1. The van der Waals surface area contributed by atoms with E-state index in [2.05, 4.69) is 10.6 Å². The van der Waals surface area contributed by atoms with Gasteiger partial charge in [0.1, 0.15) is 28.3 Å². The van der Waals surface area contributed by atoms with Crippen LogP contribution in [0.3, 0.4) is 0 Å². The van der Waals surface area contributed by atoms with Crippen molar-refractivity contribution in [3.8, 4) is 0 Å². The number of ether oxygens (including phenoxy) is 1. The second-order valence-electron chi connectivity index (χ2n) is 12.9. The molecule has 3 heterocycles. The number of nitrogens with one attached hydrogen (secondary N) is 2. The molecule has 0 saturated carbocycles. The normalized spacial score (nSPS) is 17.8. The summed E-state index contributed by atoms with van der Waals surface area (Å²) in [6.45, 7) is 5.25. The highest BCUT2D eigenvalue weighted by molar-refractivity contribution is 8.00. The van der Waals surface area contributed by atoms with Gasteiger partial charge in [-0.2, -0.15) is 0 Å². The number of nitrogens with zero attached hydrogens (tertiary/aromatic N) is 2. The Hall–Kier alpha value is -4.52. The third kappa shape index (κ3) is 7.51. The van der Waals surface area contributed by atoms with Crippen molar-refractivity contribution in [3.05, 3.63) is 136 Å². The number of hydrogen-bond acceptors (Lipinski definition) is 11. The van der Waals surface area contributed by atoms with Gasteiger partial charge in [-0.15, -0.1) is 23.1 Å². The van der Waals surface area contributed by atoms with E-state index in [-0.39, 0.29) is 17.0 Å². The van der Waals surface area contributed by atoms with Crippen LogP contribution in [0.5, 0.6) is 0 Å². The summed E-state index contributed by atoms with van der Waals surface area (Å²) >= 11 is 2.66. The second kappa shape index (κ2) is 15.2. The van der Waals surface area contributed by atoms with E-state index in [1.807, 2.05) is 91.0 Å². The van der Waals surface area contributed by atoms with Crippen LogP contribution in [0.25, 0.3) is 5.57 Å². The fourth-order valence-corrected chi connectivity index (χ4v) is 8.94. The number of fused-ring (bicyclic) bond motifs is 1. The zero-order valence-corrected chi connectivity index (χ0v) is 31.8. The van der Waals surface area contributed by atoms with Crippen molar-refractivity contribution < 1.29 is 32.7 Å². The van der Waals surface area contributed by atoms with Crippen LogP contribution in [0.1, 0.15) is 43.2 Å². The number of carbonyl (C=O) groups is 3. The highest BCUT2D eigenvalue weighted by Crippen LogP contribution is 2.50. The van der Waals surface area contributed by atoms with Crippen LogP contribution in [-0.4, -0.2) is 64.7 Å². The zero-order valence-electron chi connectivity index (χ0n) is 29.3. The molecule has 1 saturated heterocycles. The number of aromatic nitrogens is 1. The Bertz CT molecular complexity index is 1940. The lowest BCUT2D eigenvalue weighted by Crippen LogP contribution is -2.70. The zero-order chi connectivity index (χ0) is 37.1. The van der Waals surface area contributed by atoms with Crippen molar-refractivity contribution in [3.63, 3.8) is 0 Å². The minimum absolute atomic E-state index is 0.101. The number of thiazole rings is 1. The van der Waals surface area contributed by atoms with E-state index < -0.39 is 47.9 Å². The lowest BCUT2D eigenvalue weighted by molar-refractivity contribution is -0.158. The van der Waals surface area contributed by atoms with E-state index in [9.17, 15) is 18.9 Å². The molecule has 52 heavy (non-hydrogen) atoms. The standard InChI is InChI=1S/C38H39N4O7PS2/c1-37(2,3)49-35(45)30-21-22-51-34-31(33(44)42(30)34)40-32(43)28(23-50(46,47-4)48-5)29-24-52-36(39-29)41-38(25-15-9-6-10-16-25,26-17-11-7-12-18-26)27-19-13-8-14-20-27/h6-21,23-24,31,34H,22H2,1-5H3,(H,39,41)(H,40,43)/b28-23-/t31-,34-/m1/s1. The van der Waals surface area contributed by atoms with Gasteiger partial charge in [0.2, 0.25) is 0 Å². The summed E-state index contributed by atoms with van der Waals surface area (Å²) in [6.07, 6.45) is 1.65. The molecule has 0 radical (unpaired) electrons. The highest BCUT2D eigenvalue weighted by atomic mass is 32.2. The molecular weight excluding hydrogens is 720 g/mol. The van der Waals surface area contributed by atoms with Gasteiger partial charge in [0, 0.05) is 31.2 Å². The average Bonchev–Trinajstić information content (AvgIpc) is 3.62. The number of thioether (sulfide) groups is 1. The Kier molecular flexibility index (Phi) is 10.9. The van der Waals surface area contributed by atoms with E-state index in [1.165, 1.54) is 42.2 Å². The van der Waals surface area contributed by atoms with Crippen LogP contribution in [0, 0.1) is 0 Å². The average molecular weight is 759 g/mol. The summed E-state index contributed by atoms with van der Waals surface area (Å²) < 4.78 is 29.3. The number of hydrogen-bond donors (Lipinski definition) is 2. The molecule has 270 valence electrons. The molecular formula is C38H39N4O7PS2. The van der Waals surface area contributed by atoms with Gasteiger partial charge in [0.15, 0.2) is 5.13 Å². The topological polar surface area (TPSA) is 136 Å². The molecule has 0 bridgehead atoms. The Balaban J connectivity index is 1.34. The summed E-state index contributed by atoms with van der Waals surface area (Å²) in [4.78, 5) is 46.6. The van der Waals surface area contributed by atoms with Gasteiger partial charge in [0.25, 0.3) is 11.8 Å². The molecule has 1 aromatic heterocycles. The molecule has 0 aliphatic carbocycles. The monoisotopic (exact) mass is 758 g/mol. The molecule has 2 aliphatic rings. The molecule has 0 spiro atoms. The summed E-state index contributed by atoms with van der Waals surface area (Å²) in [7, 11) is -1.47. The first-order valence-electron chi connectivity index (χ1n) is 16.4. The minimum atomic E-state index is -3.90. The minimum Gasteiger partial charge on any atom is -0.455 e. The Morgan fingerprint density at radius 3 is 1.94 bits per heavy atom. The molecule has 0 unspecified atom stereocenters. The molecule has 1 fully saturated rings. The van der Waals surface area contributed by atoms with Gasteiger partial charge in [-0.1, -0.05) is 91.0 Å². The van der Waals surface area contributed by atoms with E-state index in [0.29, 0.717) is 10.9 Å². The SMILES string of the molecule is COP(=O)(/C=C(\C(=O)N[C@@H]1C(=O)N2C(C(=O)OC(C)(C)C)=CCS[C@H]12)c1csc(NC(c2ccccc2)(c2ccccc2)c2ccccc2)n1)OC. The highest BCUT2D eigenvalue weighted by Gasteiger charge is 2.53. The van der Waals surface area contributed by atoms with Crippen LogP contribution in [0.2, 0.25) is 0 Å². The Morgan fingerprint density at radius 2 is 1.44 bits per heavy atom. The summed E-state index contributed by atoms with van der Waals surface area (Å²) in [5, 5.41) is 8.07. The number of benzene rings is 3. The van der Waals surface area contributed by atoms with Crippen molar-refractivity contribution in [1.82, 2.24) is 15.2 Å². The quantitative estimate of drug-likeness (QED) is 0.0511. The van der Waals surface area contributed by atoms with Crippen LogP contribution in [-0.2, 0) is 38.3 Å². The van der Waals surface area contributed by atoms with Crippen LogP contribution >= 0.6 is 30.7 Å². The Morgan fingerprint density at radius 1 is 0.904 bits per heavy atom. The van der Waals surface area contributed by atoms with Crippen LogP contribution in [0.4, 0.5) is 5.13 Å². The van der Waals surface area contributed by atoms with E-state index in [4.69, 9.17) is 18.8 Å². The first-order valence-corrected chi connectivity index (χ1v) is 20.0. The largest absolute Gasteiger partial charge is 0.455 e. The van der Waals surface area contributed by atoms with Crippen molar-refractivity contribution >= 4 is 59.2 Å². The first-order chi connectivity index (χ1) is 24.9. The van der Waals surface area contributed by atoms with Gasteiger partial charge < -0.3 is 24.4 Å². The van der Waals surface area contributed by atoms with Crippen molar-refractivity contribution in [2.45, 2.75) is 43.3 Å². The fraction of sp³-hybridized carbons (Fsp3) is 0.263. The maximum atomic E-state index is 14.1. The summed E-state index contributed by atoms with van der Waals surface area (Å²) in [5.74, 6) is -0.242. The third-order valence-electron chi connectivity index (χ3n) is 8.48. The molecule has 6 rings (SSSR count). The molecule has 2 N–H and O–H groups in total.